The summed E-state index contributed by atoms with van der Waals surface area (Å²) in [5, 5.41) is 14.9. The van der Waals surface area contributed by atoms with E-state index < -0.39 is 24.4 Å². The molecule has 8 nitrogen and oxygen atoms in total. The minimum atomic E-state index is -0.712. The number of phenols is 1. The van der Waals surface area contributed by atoms with Gasteiger partial charge in [0.25, 0.3) is 5.91 Å². The zero-order valence-corrected chi connectivity index (χ0v) is 16.3. The van der Waals surface area contributed by atoms with Gasteiger partial charge in [-0.1, -0.05) is 15.9 Å². The summed E-state index contributed by atoms with van der Waals surface area (Å²) in [6.45, 7) is -0.446. The van der Waals surface area contributed by atoms with E-state index in [2.05, 4.69) is 26.6 Å². The molecule has 0 saturated carbocycles. The number of ether oxygens (including phenoxy) is 1. The van der Waals surface area contributed by atoms with Crippen molar-refractivity contribution in [2.75, 3.05) is 19.0 Å². The third-order valence-corrected chi connectivity index (χ3v) is 4.42. The summed E-state index contributed by atoms with van der Waals surface area (Å²) in [6, 6.07) is 10.6. The fourth-order valence-corrected chi connectivity index (χ4v) is 2.91. The molecule has 1 aliphatic rings. The van der Waals surface area contributed by atoms with Crippen LogP contribution in [0.3, 0.4) is 0 Å². The number of imide groups is 1. The Hall–Kier alpha value is -3.33. The van der Waals surface area contributed by atoms with Crippen molar-refractivity contribution in [3.05, 3.63) is 58.2 Å². The second-order valence-electron chi connectivity index (χ2n) is 5.86. The van der Waals surface area contributed by atoms with Crippen molar-refractivity contribution >= 4 is 45.5 Å². The van der Waals surface area contributed by atoms with Gasteiger partial charge in [0.05, 0.1) is 7.11 Å². The first kappa shape index (κ1) is 19.4. The SMILES string of the molecule is COc1ccc(NC(=O)CN2C(=O)N/C(=C\c3cc(Br)ccc3O)C2=O)cc1. The summed E-state index contributed by atoms with van der Waals surface area (Å²) in [5.74, 6) is -0.597. The first-order valence-corrected chi connectivity index (χ1v) is 8.93. The van der Waals surface area contributed by atoms with Crippen LogP contribution in [0.4, 0.5) is 10.5 Å². The Kier molecular flexibility index (Phi) is 5.65. The maximum absolute atomic E-state index is 12.5. The number of hydrogen-bond acceptors (Lipinski definition) is 5. The number of phenolic OH excluding ortho intramolecular Hbond substituents is 1. The molecule has 0 bridgehead atoms. The van der Waals surface area contributed by atoms with Crippen molar-refractivity contribution in [2.45, 2.75) is 0 Å². The molecule has 0 aromatic heterocycles. The summed E-state index contributed by atoms with van der Waals surface area (Å²) in [4.78, 5) is 37.6. The Labute approximate surface area is 168 Å². The number of hydrogen-bond donors (Lipinski definition) is 3. The highest BCUT2D eigenvalue weighted by molar-refractivity contribution is 9.10. The quantitative estimate of drug-likeness (QED) is 0.484. The van der Waals surface area contributed by atoms with Crippen molar-refractivity contribution in [3.63, 3.8) is 0 Å². The van der Waals surface area contributed by atoms with Crippen molar-refractivity contribution in [1.82, 2.24) is 10.2 Å². The van der Waals surface area contributed by atoms with Crippen molar-refractivity contribution in [2.24, 2.45) is 0 Å². The van der Waals surface area contributed by atoms with Gasteiger partial charge in [-0.05, 0) is 48.5 Å². The predicted octanol–water partition coefficient (Wildman–Crippen LogP) is 2.69. The van der Waals surface area contributed by atoms with E-state index >= 15 is 0 Å². The number of nitrogens with one attached hydrogen (secondary N) is 2. The second-order valence-corrected chi connectivity index (χ2v) is 6.77. The number of carbonyl (C=O) groups is 3. The number of anilines is 1. The number of carbonyl (C=O) groups excluding carboxylic acids is 3. The molecule has 1 heterocycles. The van der Waals surface area contributed by atoms with Crippen LogP contribution in [0.5, 0.6) is 11.5 Å². The van der Waals surface area contributed by atoms with E-state index in [9.17, 15) is 19.5 Å². The zero-order valence-electron chi connectivity index (χ0n) is 14.7. The number of halogens is 1. The number of methoxy groups -OCH3 is 1. The Bertz CT molecular complexity index is 972. The summed E-state index contributed by atoms with van der Waals surface area (Å²) in [5.41, 5.74) is 0.825. The number of benzene rings is 2. The average Bonchev–Trinajstić information content (AvgIpc) is 2.92. The van der Waals surface area contributed by atoms with Crippen LogP contribution in [0.1, 0.15) is 5.56 Å². The lowest BCUT2D eigenvalue weighted by Crippen LogP contribution is -2.38. The van der Waals surface area contributed by atoms with E-state index in [-0.39, 0.29) is 11.4 Å². The van der Waals surface area contributed by atoms with Gasteiger partial charge in [-0.2, -0.15) is 0 Å². The smallest absolute Gasteiger partial charge is 0.329 e. The third-order valence-electron chi connectivity index (χ3n) is 3.93. The van der Waals surface area contributed by atoms with Crippen LogP contribution in [0.2, 0.25) is 0 Å². The van der Waals surface area contributed by atoms with Gasteiger partial charge in [0.15, 0.2) is 0 Å². The molecule has 3 rings (SSSR count). The van der Waals surface area contributed by atoms with Gasteiger partial charge in [0.1, 0.15) is 23.7 Å². The van der Waals surface area contributed by atoms with Crippen LogP contribution in [-0.2, 0) is 9.59 Å². The fraction of sp³-hybridized carbons (Fsp3) is 0.105. The minimum Gasteiger partial charge on any atom is -0.507 e. The molecular weight excluding hydrogens is 430 g/mol. The first-order valence-electron chi connectivity index (χ1n) is 8.14. The molecule has 28 heavy (non-hydrogen) atoms. The molecule has 1 saturated heterocycles. The molecule has 0 atom stereocenters. The normalized spacial score (nSPS) is 14.9. The van der Waals surface area contributed by atoms with Gasteiger partial charge in [-0.3, -0.25) is 9.59 Å². The molecular formula is C19H16BrN3O5. The minimum absolute atomic E-state index is 0.0318. The van der Waals surface area contributed by atoms with Gasteiger partial charge in [-0.15, -0.1) is 0 Å². The molecule has 0 spiro atoms. The molecule has 1 aliphatic heterocycles. The Balaban J connectivity index is 1.70. The molecule has 0 unspecified atom stereocenters. The van der Waals surface area contributed by atoms with Gasteiger partial charge < -0.3 is 20.5 Å². The maximum atomic E-state index is 12.5. The monoisotopic (exact) mass is 445 g/mol. The lowest BCUT2D eigenvalue weighted by atomic mass is 10.1. The van der Waals surface area contributed by atoms with E-state index in [4.69, 9.17) is 4.74 Å². The molecule has 144 valence electrons. The molecule has 9 heteroatoms. The number of rotatable bonds is 5. The van der Waals surface area contributed by atoms with Crippen LogP contribution in [0.15, 0.2) is 52.6 Å². The summed E-state index contributed by atoms with van der Waals surface area (Å²) in [7, 11) is 1.53. The number of nitrogens with zero attached hydrogens (tertiary/aromatic N) is 1. The van der Waals surface area contributed by atoms with Gasteiger partial charge in [-0.25, -0.2) is 9.69 Å². The first-order chi connectivity index (χ1) is 13.4. The average molecular weight is 446 g/mol. The van der Waals surface area contributed by atoms with Crippen LogP contribution in [0.25, 0.3) is 6.08 Å². The van der Waals surface area contributed by atoms with Crippen LogP contribution >= 0.6 is 15.9 Å². The zero-order chi connectivity index (χ0) is 20.3. The van der Waals surface area contributed by atoms with E-state index in [0.29, 0.717) is 21.5 Å². The predicted molar refractivity (Wildman–Crippen MR) is 106 cm³/mol. The lowest BCUT2D eigenvalue weighted by molar-refractivity contribution is -0.127. The summed E-state index contributed by atoms with van der Waals surface area (Å²) < 4.78 is 5.74. The lowest BCUT2D eigenvalue weighted by Gasteiger charge is -2.12. The molecule has 0 radical (unpaired) electrons. The second kappa shape index (κ2) is 8.13. The molecule has 1 fully saturated rings. The van der Waals surface area contributed by atoms with E-state index in [0.717, 1.165) is 4.90 Å². The van der Waals surface area contributed by atoms with Crippen molar-refractivity contribution in [3.8, 4) is 11.5 Å². The fourth-order valence-electron chi connectivity index (χ4n) is 2.53. The van der Waals surface area contributed by atoms with E-state index in [1.54, 1.807) is 36.4 Å². The largest absolute Gasteiger partial charge is 0.507 e. The summed E-state index contributed by atoms with van der Waals surface area (Å²) in [6.07, 6.45) is 1.35. The highest BCUT2D eigenvalue weighted by Gasteiger charge is 2.35. The Morgan fingerprint density at radius 3 is 2.64 bits per heavy atom. The van der Waals surface area contributed by atoms with E-state index in [1.807, 2.05) is 0 Å². The Morgan fingerprint density at radius 2 is 1.96 bits per heavy atom. The van der Waals surface area contributed by atoms with E-state index in [1.165, 1.54) is 19.3 Å². The van der Waals surface area contributed by atoms with Crippen LogP contribution in [0, 0.1) is 0 Å². The molecule has 3 N–H and O–H groups in total. The standard InChI is InChI=1S/C19H16BrN3O5/c1-28-14-5-3-13(4-6-14)21-17(25)10-23-18(26)15(22-19(23)27)9-11-8-12(20)2-7-16(11)24/h2-9,24H,10H2,1H3,(H,21,25)(H,22,27)/b15-9-. The molecule has 2 aromatic carbocycles. The van der Waals surface area contributed by atoms with Gasteiger partial charge in [0.2, 0.25) is 5.91 Å². The number of aromatic hydroxyl groups is 1. The molecule has 0 aliphatic carbocycles. The van der Waals surface area contributed by atoms with Crippen LogP contribution in [-0.4, -0.2) is 41.5 Å². The number of amides is 4. The summed E-state index contributed by atoms with van der Waals surface area (Å²) >= 11 is 3.27. The highest BCUT2D eigenvalue weighted by Crippen LogP contribution is 2.25. The van der Waals surface area contributed by atoms with Gasteiger partial charge in [0, 0.05) is 15.7 Å². The maximum Gasteiger partial charge on any atom is 0.329 e. The van der Waals surface area contributed by atoms with Crippen molar-refractivity contribution in [1.29, 1.82) is 0 Å². The molecule has 2 aromatic rings. The van der Waals surface area contributed by atoms with Gasteiger partial charge >= 0.3 is 6.03 Å². The van der Waals surface area contributed by atoms with Crippen molar-refractivity contribution < 1.29 is 24.2 Å². The topological polar surface area (TPSA) is 108 Å². The van der Waals surface area contributed by atoms with Crippen LogP contribution < -0.4 is 15.4 Å². The Morgan fingerprint density at radius 1 is 1.25 bits per heavy atom. The third kappa shape index (κ3) is 4.32. The number of urea groups is 1. The molecule has 4 amide bonds. The highest BCUT2D eigenvalue weighted by atomic mass is 79.9.